The van der Waals surface area contributed by atoms with Gasteiger partial charge in [-0.2, -0.15) is 0 Å². The summed E-state index contributed by atoms with van der Waals surface area (Å²) < 4.78 is 5.57. The van der Waals surface area contributed by atoms with E-state index in [4.69, 9.17) is 16.3 Å². The fourth-order valence-corrected chi connectivity index (χ4v) is 3.59. The molecule has 1 unspecified atom stereocenters. The minimum Gasteiger partial charge on any atom is -0.424 e. The Morgan fingerprint density at radius 3 is 2.57 bits per heavy atom. The molecule has 1 aliphatic heterocycles. The average Bonchev–Trinajstić information content (AvgIpc) is 3.20. The molecule has 1 aromatic heterocycles. The highest BCUT2D eigenvalue weighted by Gasteiger charge is 2.31. The van der Waals surface area contributed by atoms with Crippen molar-refractivity contribution in [1.82, 2.24) is 14.9 Å². The summed E-state index contributed by atoms with van der Waals surface area (Å²) >= 11 is 6.34. The number of aromatic nitrogens is 2. The average molecular weight is 395 g/mol. The van der Waals surface area contributed by atoms with Crippen LogP contribution in [0.2, 0.25) is 5.02 Å². The van der Waals surface area contributed by atoms with Gasteiger partial charge >= 0.3 is 12.0 Å². The monoisotopic (exact) mass is 394 g/mol. The fraction of sp³-hybridized carbons (Fsp3) is 0.190. The minimum atomic E-state index is -0.137. The van der Waals surface area contributed by atoms with E-state index in [0.29, 0.717) is 23.0 Å². The zero-order chi connectivity index (χ0) is 19.3. The first kappa shape index (κ1) is 18.3. The van der Waals surface area contributed by atoms with Gasteiger partial charge in [0.15, 0.2) is 0 Å². The van der Waals surface area contributed by atoms with Crippen molar-refractivity contribution in [3.05, 3.63) is 77.6 Å². The number of carbonyl (C=O) groups excluding carboxylic acids is 1. The molecule has 0 bridgehead atoms. The highest BCUT2D eigenvalue weighted by Crippen LogP contribution is 2.36. The van der Waals surface area contributed by atoms with Gasteiger partial charge in [-0.25, -0.2) is 14.8 Å². The van der Waals surface area contributed by atoms with Crippen molar-refractivity contribution in [3.8, 4) is 11.8 Å². The van der Waals surface area contributed by atoms with Crippen LogP contribution in [0, 0.1) is 0 Å². The van der Waals surface area contributed by atoms with E-state index in [9.17, 15) is 4.79 Å². The Bertz CT molecular complexity index is 950. The van der Waals surface area contributed by atoms with Gasteiger partial charge < -0.3 is 15.0 Å². The molecule has 1 atom stereocenters. The Morgan fingerprint density at radius 2 is 1.82 bits per heavy atom. The number of ether oxygens (including phenoxy) is 1. The molecule has 1 saturated heterocycles. The second-order valence-electron chi connectivity index (χ2n) is 6.46. The smallest absolute Gasteiger partial charge is 0.322 e. The summed E-state index contributed by atoms with van der Waals surface area (Å²) in [5, 5.41) is 3.64. The molecule has 4 rings (SSSR count). The summed E-state index contributed by atoms with van der Waals surface area (Å²) in [6.45, 7) is 0.703. The Kier molecular flexibility index (Phi) is 5.39. The topological polar surface area (TPSA) is 67.3 Å². The van der Waals surface area contributed by atoms with Crippen molar-refractivity contribution in [2.45, 2.75) is 18.9 Å². The van der Waals surface area contributed by atoms with Crippen LogP contribution in [0.3, 0.4) is 0 Å². The number of carbonyl (C=O) groups is 1. The number of anilines is 1. The Hall–Kier alpha value is -3.12. The molecule has 0 radical (unpaired) electrons. The summed E-state index contributed by atoms with van der Waals surface area (Å²) in [7, 11) is 0. The number of benzene rings is 2. The third-order valence-corrected chi connectivity index (χ3v) is 4.98. The van der Waals surface area contributed by atoms with Crippen LogP contribution in [0.1, 0.15) is 24.4 Å². The lowest BCUT2D eigenvalue weighted by Crippen LogP contribution is -2.34. The predicted molar refractivity (Wildman–Crippen MR) is 108 cm³/mol. The van der Waals surface area contributed by atoms with Crippen molar-refractivity contribution in [3.63, 3.8) is 0 Å². The number of likely N-dealkylation sites (tertiary alicyclic amines) is 1. The van der Waals surface area contributed by atoms with Gasteiger partial charge in [0.25, 0.3) is 0 Å². The van der Waals surface area contributed by atoms with Crippen LogP contribution in [-0.4, -0.2) is 27.4 Å². The number of amides is 2. The molecule has 0 saturated carbocycles. The number of hydrogen-bond donors (Lipinski definition) is 1. The zero-order valence-electron chi connectivity index (χ0n) is 15.1. The van der Waals surface area contributed by atoms with Gasteiger partial charge in [-0.05, 0) is 54.8 Å². The molecule has 2 heterocycles. The van der Waals surface area contributed by atoms with E-state index in [1.54, 1.807) is 42.7 Å². The van der Waals surface area contributed by atoms with Crippen LogP contribution in [0.5, 0.6) is 11.8 Å². The van der Waals surface area contributed by atoms with E-state index in [2.05, 4.69) is 15.3 Å². The molecule has 142 valence electrons. The predicted octanol–water partition coefficient (Wildman–Crippen LogP) is 5.29. The number of nitrogens with zero attached hydrogens (tertiary/aromatic N) is 3. The third kappa shape index (κ3) is 4.07. The largest absolute Gasteiger partial charge is 0.424 e. The molecule has 1 N–H and O–H groups in total. The number of nitrogens with one attached hydrogen (secondary N) is 1. The van der Waals surface area contributed by atoms with Crippen LogP contribution in [0.4, 0.5) is 10.5 Å². The van der Waals surface area contributed by atoms with E-state index >= 15 is 0 Å². The zero-order valence-corrected chi connectivity index (χ0v) is 15.8. The lowest BCUT2D eigenvalue weighted by molar-refractivity contribution is 0.207. The summed E-state index contributed by atoms with van der Waals surface area (Å²) in [6, 6.07) is 16.7. The first-order valence-electron chi connectivity index (χ1n) is 9.08. The minimum absolute atomic E-state index is 0.00784. The highest BCUT2D eigenvalue weighted by molar-refractivity contribution is 6.31. The fourth-order valence-electron chi connectivity index (χ4n) is 3.32. The van der Waals surface area contributed by atoms with E-state index in [0.717, 1.165) is 18.4 Å². The second kappa shape index (κ2) is 8.27. The van der Waals surface area contributed by atoms with Gasteiger partial charge in [-0.15, -0.1) is 0 Å². The van der Waals surface area contributed by atoms with E-state index in [1.165, 1.54) is 0 Å². The van der Waals surface area contributed by atoms with Gasteiger partial charge in [0.2, 0.25) is 0 Å². The quantitative estimate of drug-likeness (QED) is 0.652. The molecule has 7 heteroatoms. The molecular formula is C21H19ClN4O2. The van der Waals surface area contributed by atoms with Crippen molar-refractivity contribution < 1.29 is 9.53 Å². The summed E-state index contributed by atoms with van der Waals surface area (Å²) in [5.41, 5.74) is 1.68. The maximum Gasteiger partial charge on any atom is 0.322 e. The molecule has 0 aliphatic carbocycles. The first-order chi connectivity index (χ1) is 13.7. The van der Waals surface area contributed by atoms with Gasteiger partial charge in [0.1, 0.15) is 5.75 Å². The van der Waals surface area contributed by atoms with Crippen LogP contribution >= 0.6 is 11.6 Å². The van der Waals surface area contributed by atoms with Gasteiger partial charge in [0, 0.05) is 29.6 Å². The number of rotatable bonds is 4. The lowest BCUT2D eigenvalue weighted by Gasteiger charge is -2.26. The maximum atomic E-state index is 12.8. The number of halogens is 1. The molecule has 6 nitrogen and oxygen atoms in total. The van der Waals surface area contributed by atoms with Crippen LogP contribution < -0.4 is 10.1 Å². The molecule has 2 aromatic carbocycles. The lowest BCUT2D eigenvalue weighted by atomic mass is 10.0. The number of hydrogen-bond acceptors (Lipinski definition) is 4. The normalized spacial score (nSPS) is 16.0. The molecule has 3 aromatic rings. The molecule has 0 spiro atoms. The third-order valence-electron chi connectivity index (χ3n) is 4.63. The van der Waals surface area contributed by atoms with Crippen LogP contribution in [0.25, 0.3) is 0 Å². The van der Waals surface area contributed by atoms with E-state index in [-0.39, 0.29) is 18.1 Å². The first-order valence-corrected chi connectivity index (χ1v) is 9.45. The standard InChI is InChI=1S/C21H19ClN4O2/c22-18-6-2-1-5-17(18)19-7-3-14-26(19)21(27)25-15-8-10-16(11-9-15)28-20-23-12-4-13-24-20/h1-2,4-6,8-13,19H,3,7,14H2,(H,25,27). The Labute approximate surface area is 168 Å². The SMILES string of the molecule is O=C(Nc1ccc(Oc2ncccn2)cc1)N1CCCC1c1ccccc1Cl. The van der Waals surface area contributed by atoms with Gasteiger partial charge in [-0.3, -0.25) is 0 Å². The summed E-state index contributed by atoms with van der Waals surface area (Å²) in [4.78, 5) is 22.7. The van der Waals surface area contributed by atoms with Crippen LogP contribution in [0.15, 0.2) is 67.0 Å². The van der Waals surface area contributed by atoms with E-state index in [1.807, 2.05) is 29.2 Å². The van der Waals surface area contributed by atoms with Crippen molar-refractivity contribution in [1.29, 1.82) is 0 Å². The van der Waals surface area contributed by atoms with Crippen molar-refractivity contribution in [2.75, 3.05) is 11.9 Å². The maximum absolute atomic E-state index is 12.8. The summed E-state index contributed by atoms with van der Waals surface area (Å²) in [6.07, 6.45) is 5.08. The molecule has 2 amide bonds. The molecule has 1 aliphatic rings. The van der Waals surface area contributed by atoms with Crippen molar-refractivity contribution in [2.24, 2.45) is 0 Å². The molecular weight excluding hydrogens is 376 g/mol. The van der Waals surface area contributed by atoms with Gasteiger partial charge in [0.05, 0.1) is 6.04 Å². The van der Waals surface area contributed by atoms with Gasteiger partial charge in [-0.1, -0.05) is 29.8 Å². The second-order valence-corrected chi connectivity index (χ2v) is 6.87. The van der Waals surface area contributed by atoms with E-state index < -0.39 is 0 Å². The highest BCUT2D eigenvalue weighted by atomic mass is 35.5. The Balaban J connectivity index is 1.42. The van der Waals surface area contributed by atoms with Crippen LogP contribution in [-0.2, 0) is 0 Å². The number of urea groups is 1. The molecule has 28 heavy (non-hydrogen) atoms. The Morgan fingerprint density at radius 1 is 1.07 bits per heavy atom. The molecule has 1 fully saturated rings. The van der Waals surface area contributed by atoms with Crippen molar-refractivity contribution >= 4 is 23.3 Å². The summed E-state index contributed by atoms with van der Waals surface area (Å²) in [5.74, 6) is 0.597.